The first-order chi connectivity index (χ1) is 8.15. The van der Waals surface area contributed by atoms with Crippen LogP contribution in [0.2, 0.25) is 5.15 Å². The summed E-state index contributed by atoms with van der Waals surface area (Å²) in [6.45, 7) is 2.49. The topological polar surface area (TPSA) is 72.1 Å². The minimum absolute atomic E-state index is 0.0301. The lowest BCUT2D eigenvalue weighted by Crippen LogP contribution is -2.38. The molecule has 0 bridgehead atoms. The van der Waals surface area contributed by atoms with Gasteiger partial charge in [0.05, 0.1) is 5.69 Å². The fraction of sp³-hybridized carbons (Fsp3) is 0.545. The minimum Gasteiger partial charge on any atom is -0.369 e. The zero-order valence-corrected chi connectivity index (χ0v) is 10.2. The van der Waals surface area contributed by atoms with E-state index in [0.717, 1.165) is 38.2 Å². The number of carbonyl (C=O) groups excluding carboxylic acids is 1. The van der Waals surface area contributed by atoms with Crippen molar-refractivity contribution in [3.05, 3.63) is 23.0 Å². The zero-order valence-electron chi connectivity index (χ0n) is 9.47. The molecule has 0 saturated carbocycles. The summed E-state index contributed by atoms with van der Waals surface area (Å²) in [4.78, 5) is 13.3. The first-order valence-corrected chi connectivity index (χ1v) is 6.03. The average molecular weight is 255 g/mol. The summed E-state index contributed by atoms with van der Waals surface area (Å²) in [5.74, 6) is -0.154. The number of hydrogen-bond donors (Lipinski definition) is 1. The van der Waals surface area contributed by atoms with Gasteiger partial charge in [0, 0.05) is 12.5 Å². The number of primary amides is 1. The lowest BCUT2D eigenvalue weighted by Gasteiger charge is -2.29. The van der Waals surface area contributed by atoms with Gasteiger partial charge in [0.2, 0.25) is 5.91 Å². The second kappa shape index (κ2) is 5.42. The van der Waals surface area contributed by atoms with Crippen molar-refractivity contribution in [3.8, 4) is 0 Å². The summed E-state index contributed by atoms with van der Waals surface area (Å²) in [5, 5.41) is 8.22. The van der Waals surface area contributed by atoms with Gasteiger partial charge < -0.3 is 5.73 Å². The van der Waals surface area contributed by atoms with Gasteiger partial charge in [-0.1, -0.05) is 11.6 Å². The molecule has 17 heavy (non-hydrogen) atoms. The largest absolute Gasteiger partial charge is 0.369 e. The molecule has 0 spiro atoms. The third-order valence-corrected chi connectivity index (χ3v) is 3.26. The molecule has 92 valence electrons. The molecular formula is C11H15ClN4O. The van der Waals surface area contributed by atoms with E-state index in [2.05, 4.69) is 15.1 Å². The molecule has 5 nitrogen and oxygen atoms in total. The molecule has 0 atom stereocenters. The van der Waals surface area contributed by atoms with Crippen LogP contribution in [0.5, 0.6) is 0 Å². The number of amides is 1. The molecule has 6 heteroatoms. The maximum absolute atomic E-state index is 11.0. The van der Waals surface area contributed by atoms with Crippen LogP contribution in [-0.2, 0) is 11.3 Å². The second-order valence-corrected chi connectivity index (χ2v) is 4.69. The van der Waals surface area contributed by atoms with Gasteiger partial charge >= 0.3 is 0 Å². The zero-order chi connectivity index (χ0) is 12.3. The van der Waals surface area contributed by atoms with Crippen molar-refractivity contribution in [1.82, 2.24) is 15.1 Å². The standard InChI is InChI=1S/C11H15ClN4O/c12-10-2-1-9(14-15-10)7-16-5-3-8(4-6-16)11(13)17/h1-2,8H,3-7H2,(H2,13,17). The van der Waals surface area contributed by atoms with Crippen LogP contribution in [0.4, 0.5) is 0 Å². The Kier molecular flexibility index (Phi) is 3.91. The van der Waals surface area contributed by atoms with Gasteiger partial charge in [-0.25, -0.2) is 0 Å². The molecule has 1 aliphatic rings. The van der Waals surface area contributed by atoms with Crippen molar-refractivity contribution in [2.24, 2.45) is 11.7 Å². The van der Waals surface area contributed by atoms with Crippen LogP contribution in [0.25, 0.3) is 0 Å². The van der Waals surface area contributed by atoms with E-state index in [1.165, 1.54) is 0 Å². The summed E-state index contributed by atoms with van der Waals surface area (Å²) in [5.41, 5.74) is 6.18. The second-order valence-electron chi connectivity index (χ2n) is 4.30. The van der Waals surface area contributed by atoms with Crippen LogP contribution >= 0.6 is 11.6 Å². The Morgan fingerprint density at radius 2 is 2.12 bits per heavy atom. The maximum Gasteiger partial charge on any atom is 0.220 e. The van der Waals surface area contributed by atoms with Gasteiger partial charge in [-0.2, -0.15) is 5.10 Å². The maximum atomic E-state index is 11.0. The molecule has 1 aromatic heterocycles. The van der Waals surface area contributed by atoms with E-state index in [9.17, 15) is 4.79 Å². The Morgan fingerprint density at radius 1 is 1.41 bits per heavy atom. The molecule has 0 aromatic carbocycles. The molecule has 1 fully saturated rings. The Bertz CT molecular complexity index is 387. The molecule has 0 aliphatic carbocycles. The van der Waals surface area contributed by atoms with Crippen molar-refractivity contribution >= 4 is 17.5 Å². The van der Waals surface area contributed by atoms with Crippen molar-refractivity contribution in [1.29, 1.82) is 0 Å². The van der Waals surface area contributed by atoms with Crippen molar-refractivity contribution < 1.29 is 4.79 Å². The van der Waals surface area contributed by atoms with Crippen LogP contribution in [0.1, 0.15) is 18.5 Å². The monoisotopic (exact) mass is 254 g/mol. The normalized spacial score (nSPS) is 18.2. The first kappa shape index (κ1) is 12.3. The molecule has 2 heterocycles. The number of rotatable bonds is 3. The summed E-state index contributed by atoms with van der Waals surface area (Å²) < 4.78 is 0. The number of carbonyl (C=O) groups is 1. The Hall–Kier alpha value is -1.20. The third kappa shape index (κ3) is 3.38. The van der Waals surface area contributed by atoms with E-state index in [1.54, 1.807) is 6.07 Å². The van der Waals surface area contributed by atoms with Gasteiger partial charge in [0.25, 0.3) is 0 Å². The van der Waals surface area contributed by atoms with Crippen molar-refractivity contribution in [2.45, 2.75) is 19.4 Å². The predicted molar refractivity (Wildman–Crippen MR) is 64.2 cm³/mol. The van der Waals surface area contributed by atoms with Crippen LogP contribution < -0.4 is 5.73 Å². The molecule has 1 amide bonds. The SMILES string of the molecule is NC(=O)C1CCN(Cc2ccc(Cl)nn2)CC1. The van der Waals surface area contributed by atoms with E-state index >= 15 is 0 Å². The van der Waals surface area contributed by atoms with E-state index in [1.807, 2.05) is 6.07 Å². The van der Waals surface area contributed by atoms with Crippen LogP contribution in [0.3, 0.4) is 0 Å². The highest BCUT2D eigenvalue weighted by molar-refractivity contribution is 6.29. The molecular weight excluding hydrogens is 240 g/mol. The predicted octanol–water partition coefficient (Wildman–Crippen LogP) is 0.827. The van der Waals surface area contributed by atoms with E-state index < -0.39 is 0 Å². The highest BCUT2D eigenvalue weighted by atomic mass is 35.5. The molecule has 2 N–H and O–H groups in total. The fourth-order valence-electron chi connectivity index (χ4n) is 2.03. The number of aromatic nitrogens is 2. The molecule has 0 radical (unpaired) electrons. The Morgan fingerprint density at radius 3 is 2.65 bits per heavy atom. The third-order valence-electron chi connectivity index (χ3n) is 3.06. The number of halogens is 1. The van der Waals surface area contributed by atoms with Gasteiger partial charge in [-0.15, -0.1) is 5.10 Å². The molecule has 2 rings (SSSR count). The van der Waals surface area contributed by atoms with Gasteiger partial charge in [0.15, 0.2) is 5.15 Å². The average Bonchev–Trinajstić information content (AvgIpc) is 2.33. The number of likely N-dealkylation sites (tertiary alicyclic amines) is 1. The quantitative estimate of drug-likeness (QED) is 0.867. The summed E-state index contributed by atoms with van der Waals surface area (Å²) in [7, 11) is 0. The number of piperidine rings is 1. The number of nitrogens with zero attached hydrogens (tertiary/aromatic N) is 3. The van der Waals surface area contributed by atoms with E-state index in [-0.39, 0.29) is 11.8 Å². The highest BCUT2D eigenvalue weighted by Gasteiger charge is 2.23. The summed E-state index contributed by atoms with van der Waals surface area (Å²) in [6.07, 6.45) is 1.66. The minimum atomic E-state index is -0.184. The lowest BCUT2D eigenvalue weighted by molar-refractivity contribution is -0.123. The van der Waals surface area contributed by atoms with Crippen molar-refractivity contribution in [2.75, 3.05) is 13.1 Å². The smallest absolute Gasteiger partial charge is 0.220 e. The van der Waals surface area contributed by atoms with Crippen LogP contribution in [0, 0.1) is 5.92 Å². The van der Waals surface area contributed by atoms with E-state index in [4.69, 9.17) is 17.3 Å². The molecule has 1 saturated heterocycles. The molecule has 0 unspecified atom stereocenters. The van der Waals surface area contributed by atoms with Crippen molar-refractivity contribution in [3.63, 3.8) is 0 Å². The van der Waals surface area contributed by atoms with Gasteiger partial charge in [0.1, 0.15) is 0 Å². The number of hydrogen-bond acceptors (Lipinski definition) is 4. The van der Waals surface area contributed by atoms with Gasteiger partial charge in [-0.3, -0.25) is 9.69 Å². The van der Waals surface area contributed by atoms with E-state index in [0.29, 0.717) is 5.15 Å². The van der Waals surface area contributed by atoms with Crippen LogP contribution in [0.15, 0.2) is 12.1 Å². The Labute approximate surface area is 105 Å². The molecule has 1 aromatic rings. The lowest BCUT2D eigenvalue weighted by atomic mass is 9.96. The highest BCUT2D eigenvalue weighted by Crippen LogP contribution is 2.18. The Balaban J connectivity index is 1.85. The summed E-state index contributed by atoms with van der Waals surface area (Å²) in [6, 6.07) is 3.61. The van der Waals surface area contributed by atoms with Crippen LogP contribution in [-0.4, -0.2) is 34.1 Å². The molecule has 1 aliphatic heterocycles. The number of nitrogens with two attached hydrogens (primary N) is 1. The fourth-order valence-corrected chi connectivity index (χ4v) is 2.13. The first-order valence-electron chi connectivity index (χ1n) is 5.65. The summed E-state index contributed by atoms with van der Waals surface area (Å²) >= 11 is 5.67. The van der Waals surface area contributed by atoms with Gasteiger partial charge in [-0.05, 0) is 38.1 Å².